The molecule has 0 bridgehead atoms. The summed E-state index contributed by atoms with van der Waals surface area (Å²) in [5, 5.41) is 8.77. The largest absolute Gasteiger partial charge is 0.368 e. The lowest BCUT2D eigenvalue weighted by molar-refractivity contribution is -0.136. The number of anilines is 2. The van der Waals surface area contributed by atoms with E-state index >= 15 is 0 Å². The second-order valence-corrected chi connectivity index (χ2v) is 8.74. The molecule has 0 N–H and O–H groups in total. The Hall–Kier alpha value is -3.09. The Morgan fingerprint density at radius 2 is 1.71 bits per heavy atom. The van der Waals surface area contributed by atoms with Crippen LogP contribution in [0.4, 0.5) is 11.6 Å². The number of amides is 1. The van der Waals surface area contributed by atoms with E-state index < -0.39 is 0 Å². The first-order valence-electron chi connectivity index (χ1n) is 11.3. The van der Waals surface area contributed by atoms with Crippen LogP contribution in [0.25, 0.3) is 5.65 Å². The van der Waals surface area contributed by atoms with E-state index in [9.17, 15) is 4.79 Å². The molecule has 0 saturated carbocycles. The van der Waals surface area contributed by atoms with Crippen LogP contribution in [0.5, 0.6) is 0 Å². The van der Waals surface area contributed by atoms with Crippen molar-refractivity contribution in [2.24, 2.45) is 5.92 Å². The molecule has 0 radical (unpaired) electrons. The highest BCUT2D eigenvalue weighted by Crippen LogP contribution is 2.26. The number of aryl methyl sites for hydroxylation is 2. The Morgan fingerprint density at radius 1 is 0.903 bits per heavy atom. The van der Waals surface area contributed by atoms with Gasteiger partial charge in [0.2, 0.25) is 11.9 Å². The summed E-state index contributed by atoms with van der Waals surface area (Å²) in [6.45, 7) is 9.21. The highest BCUT2D eigenvalue weighted by molar-refractivity contribution is 5.80. The fraction of sp³-hybridized carbons (Fsp3) is 0.458. The number of piperidine rings is 1. The van der Waals surface area contributed by atoms with E-state index in [4.69, 9.17) is 0 Å². The topological polar surface area (TPSA) is 57.0 Å². The standard InChI is InChI=1S/C24H30N6O/c1-18-7-3-4-10-21(18)27-13-15-28(16-14-27)23(31)20-9-6-12-29(17-20)24-26-25-22-11-5-8-19(2)30(22)24/h3-5,7-8,10-11,20H,6,9,12-17H2,1-2H3/t20-/m0/s1. The van der Waals surface area contributed by atoms with E-state index in [1.54, 1.807) is 0 Å². The van der Waals surface area contributed by atoms with Gasteiger partial charge in [-0.25, -0.2) is 0 Å². The number of fused-ring (bicyclic) bond motifs is 1. The number of para-hydroxylation sites is 1. The smallest absolute Gasteiger partial charge is 0.231 e. The summed E-state index contributed by atoms with van der Waals surface area (Å²) in [4.78, 5) is 20.1. The number of hydrogen-bond acceptors (Lipinski definition) is 5. The average molecular weight is 419 g/mol. The summed E-state index contributed by atoms with van der Waals surface area (Å²) in [7, 11) is 0. The minimum absolute atomic E-state index is 0.0233. The molecule has 162 valence electrons. The van der Waals surface area contributed by atoms with Crippen molar-refractivity contribution in [1.29, 1.82) is 0 Å². The van der Waals surface area contributed by atoms with Gasteiger partial charge in [0.05, 0.1) is 5.92 Å². The third kappa shape index (κ3) is 3.73. The van der Waals surface area contributed by atoms with Gasteiger partial charge in [0, 0.05) is 50.6 Å². The quantitative estimate of drug-likeness (QED) is 0.655. The number of carbonyl (C=O) groups is 1. The van der Waals surface area contributed by atoms with E-state index in [1.807, 2.05) is 12.1 Å². The second-order valence-electron chi connectivity index (χ2n) is 8.74. The van der Waals surface area contributed by atoms with Gasteiger partial charge in [0.15, 0.2) is 5.65 Å². The summed E-state index contributed by atoms with van der Waals surface area (Å²) in [5.41, 5.74) is 4.54. The predicted octanol–water partition coefficient (Wildman–Crippen LogP) is 2.91. The molecule has 1 aromatic carbocycles. The summed E-state index contributed by atoms with van der Waals surface area (Å²) in [6, 6.07) is 14.5. The summed E-state index contributed by atoms with van der Waals surface area (Å²) in [5.74, 6) is 1.17. The number of rotatable bonds is 3. The number of nitrogens with zero attached hydrogens (tertiary/aromatic N) is 6. The predicted molar refractivity (Wildman–Crippen MR) is 123 cm³/mol. The molecule has 4 heterocycles. The van der Waals surface area contributed by atoms with Crippen molar-refractivity contribution < 1.29 is 4.79 Å². The SMILES string of the molecule is Cc1ccccc1N1CCN(C(=O)[C@H]2CCCN(c3nnc4cccc(C)n34)C2)CC1. The van der Waals surface area contributed by atoms with Gasteiger partial charge in [0.25, 0.3) is 0 Å². The van der Waals surface area contributed by atoms with Crippen molar-refractivity contribution in [2.75, 3.05) is 49.1 Å². The van der Waals surface area contributed by atoms with Crippen molar-refractivity contribution in [1.82, 2.24) is 19.5 Å². The first-order valence-corrected chi connectivity index (χ1v) is 11.3. The lowest BCUT2D eigenvalue weighted by Crippen LogP contribution is -2.53. The Kier molecular flexibility index (Phi) is 5.26. The molecule has 7 heteroatoms. The van der Waals surface area contributed by atoms with E-state index in [-0.39, 0.29) is 5.92 Å². The molecular formula is C24H30N6O. The number of hydrogen-bond donors (Lipinski definition) is 0. The van der Waals surface area contributed by atoms with Crippen molar-refractivity contribution in [3.8, 4) is 0 Å². The Balaban J connectivity index is 1.26. The molecule has 2 aromatic heterocycles. The van der Waals surface area contributed by atoms with Gasteiger partial charge in [-0.15, -0.1) is 10.2 Å². The molecule has 0 aliphatic carbocycles. The highest BCUT2D eigenvalue weighted by atomic mass is 16.2. The lowest BCUT2D eigenvalue weighted by Gasteiger charge is -2.40. The zero-order valence-corrected chi connectivity index (χ0v) is 18.4. The minimum atomic E-state index is 0.0233. The Bertz CT molecular complexity index is 1080. The first kappa shape index (κ1) is 19.8. The van der Waals surface area contributed by atoms with Crippen LogP contribution in [0.3, 0.4) is 0 Å². The molecule has 3 aromatic rings. The molecule has 0 unspecified atom stereocenters. The fourth-order valence-electron chi connectivity index (χ4n) is 4.99. The molecule has 2 aliphatic rings. The average Bonchev–Trinajstić information content (AvgIpc) is 3.25. The monoisotopic (exact) mass is 418 g/mol. The van der Waals surface area contributed by atoms with Crippen molar-refractivity contribution in [2.45, 2.75) is 26.7 Å². The van der Waals surface area contributed by atoms with Crippen LogP contribution in [0, 0.1) is 19.8 Å². The van der Waals surface area contributed by atoms with Gasteiger partial charge in [-0.2, -0.15) is 0 Å². The number of benzene rings is 1. The van der Waals surface area contributed by atoms with Gasteiger partial charge in [-0.1, -0.05) is 24.3 Å². The summed E-state index contributed by atoms with van der Waals surface area (Å²) in [6.07, 6.45) is 1.95. The molecular weight excluding hydrogens is 388 g/mol. The van der Waals surface area contributed by atoms with Gasteiger partial charge in [-0.3, -0.25) is 9.20 Å². The van der Waals surface area contributed by atoms with Crippen LogP contribution in [0.15, 0.2) is 42.5 Å². The maximum atomic E-state index is 13.3. The van der Waals surface area contributed by atoms with Crippen molar-refractivity contribution in [3.63, 3.8) is 0 Å². The van der Waals surface area contributed by atoms with E-state index in [0.717, 1.165) is 62.9 Å². The third-order valence-corrected chi connectivity index (χ3v) is 6.71. The van der Waals surface area contributed by atoms with Gasteiger partial charge in [-0.05, 0) is 50.5 Å². The lowest BCUT2D eigenvalue weighted by atomic mass is 9.96. The van der Waals surface area contributed by atoms with Crippen LogP contribution in [-0.2, 0) is 4.79 Å². The third-order valence-electron chi connectivity index (χ3n) is 6.71. The molecule has 5 rings (SSSR count). The van der Waals surface area contributed by atoms with E-state index in [0.29, 0.717) is 12.5 Å². The maximum Gasteiger partial charge on any atom is 0.231 e. The van der Waals surface area contributed by atoms with E-state index in [2.05, 4.69) is 73.5 Å². The Morgan fingerprint density at radius 3 is 2.52 bits per heavy atom. The van der Waals surface area contributed by atoms with Crippen LogP contribution < -0.4 is 9.80 Å². The molecule has 2 saturated heterocycles. The molecule has 0 spiro atoms. The molecule has 1 amide bonds. The maximum absolute atomic E-state index is 13.3. The second kappa shape index (κ2) is 8.21. The van der Waals surface area contributed by atoms with Gasteiger partial charge < -0.3 is 14.7 Å². The number of piperazine rings is 1. The van der Waals surface area contributed by atoms with E-state index in [1.165, 1.54) is 11.3 Å². The zero-order chi connectivity index (χ0) is 21.4. The first-order chi connectivity index (χ1) is 15.1. The Labute approximate surface area is 183 Å². The number of pyridine rings is 1. The molecule has 7 nitrogen and oxygen atoms in total. The summed E-state index contributed by atoms with van der Waals surface area (Å²) < 4.78 is 2.09. The van der Waals surface area contributed by atoms with Gasteiger partial charge >= 0.3 is 0 Å². The van der Waals surface area contributed by atoms with Gasteiger partial charge in [0.1, 0.15) is 0 Å². The number of aromatic nitrogens is 3. The minimum Gasteiger partial charge on any atom is -0.368 e. The van der Waals surface area contributed by atoms with Crippen LogP contribution in [-0.4, -0.2) is 64.7 Å². The highest BCUT2D eigenvalue weighted by Gasteiger charge is 2.32. The zero-order valence-electron chi connectivity index (χ0n) is 18.4. The number of carbonyl (C=O) groups excluding carboxylic acids is 1. The van der Waals surface area contributed by atoms with Crippen molar-refractivity contribution in [3.05, 3.63) is 53.7 Å². The molecule has 1 atom stereocenters. The molecule has 31 heavy (non-hydrogen) atoms. The van der Waals surface area contributed by atoms with Crippen LogP contribution >= 0.6 is 0 Å². The molecule has 2 fully saturated rings. The normalized spacial score (nSPS) is 19.8. The molecule has 2 aliphatic heterocycles. The summed E-state index contributed by atoms with van der Waals surface area (Å²) >= 11 is 0. The fourth-order valence-corrected chi connectivity index (χ4v) is 4.99. The van der Waals surface area contributed by atoms with Crippen LogP contribution in [0.2, 0.25) is 0 Å². The van der Waals surface area contributed by atoms with Crippen LogP contribution in [0.1, 0.15) is 24.1 Å². The van der Waals surface area contributed by atoms with Crippen molar-refractivity contribution >= 4 is 23.2 Å².